The van der Waals surface area contributed by atoms with Crippen LogP contribution in [0, 0.1) is 23.6 Å². The van der Waals surface area contributed by atoms with E-state index in [0.29, 0.717) is 33.8 Å². The number of allylic oxidation sites excluding steroid dienone is 1. The van der Waals surface area contributed by atoms with Gasteiger partial charge in [-0.2, -0.15) is 0 Å². The zero-order chi connectivity index (χ0) is 23.5. The maximum Gasteiger partial charge on any atom is 0.198 e. The molecule has 0 spiro atoms. The summed E-state index contributed by atoms with van der Waals surface area (Å²) < 4.78 is 15.0. The van der Waals surface area contributed by atoms with Crippen LogP contribution in [0.4, 0.5) is 15.8 Å². The summed E-state index contributed by atoms with van der Waals surface area (Å²) in [4.78, 5) is 23.4. The number of aliphatic imine (C=N–C) groups is 1. The highest BCUT2D eigenvalue weighted by Crippen LogP contribution is 2.32. The van der Waals surface area contributed by atoms with Gasteiger partial charge in [-0.05, 0) is 82.0 Å². The highest BCUT2D eigenvalue weighted by molar-refractivity contribution is 7.15. The summed E-state index contributed by atoms with van der Waals surface area (Å²) in [5, 5.41) is 0. The average molecular weight is 476 g/mol. The average Bonchev–Trinajstić information content (AvgIpc) is 3.22. The van der Waals surface area contributed by atoms with Crippen LogP contribution in [0.3, 0.4) is 0 Å². The van der Waals surface area contributed by atoms with Crippen molar-refractivity contribution in [3.8, 4) is 11.8 Å². The molecule has 3 heterocycles. The molecule has 0 amide bonds. The van der Waals surface area contributed by atoms with Crippen LogP contribution in [-0.2, 0) is 0 Å². The second-order valence-electron chi connectivity index (χ2n) is 9.30. The van der Waals surface area contributed by atoms with E-state index in [1.165, 1.54) is 62.3 Å². The van der Waals surface area contributed by atoms with Crippen LogP contribution in [0.25, 0.3) is 6.08 Å². The molecule has 3 fully saturated rings. The summed E-state index contributed by atoms with van der Waals surface area (Å²) in [6.45, 7) is 5.94. The molecule has 176 valence electrons. The molecule has 2 aliphatic heterocycles. The highest BCUT2D eigenvalue weighted by Gasteiger charge is 2.30. The lowest BCUT2D eigenvalue weighted by atomic mass is 10.1. The first kappa shape index (κ1) is 23.0. The summed E-state index contributed by atoms with van der Waals surface area (Å²) in [6.07, 6.45) is 10.8. The second kappa shape index (κ2) is 10.2. The maximum atomic E-state index is 15.0. The van der Waals surface area contributed by atoms with Crippen molar-refractivity contribution >= 4 is 40.8 Å². The molecule has 2 saturated heterocycles. The van der Waals surface area contributed by atoms with E-state index in [4.69, 9.17) is 0 Å². The second-order valence-corrected chi connectivity index (χ2v) is 10.3. The fourth-order valence-corrected chi connectivity index (χ4v) is 5.64. The van der Waals surface area contributed by atoms with Crippen LogP contribution >= 0.6 is 11.3 Å². The van der Waals surface area contributed by atoms with E-state index in [9.17, 15) is 9.18 Å². The van der Waals surface area contributed by atoms with Gasteiger partial charge in [-0.3, -0.25) is 14.7 Å². The van der Waals surface area contributed by atoms with Gasteiger partial charge in [0.1, 0.15) is 10.7 Å². The zero-order valence-corrected chi connectivity index (χ0v) is 20.4. The fraction of sp³-hybridized carbons (Fsp3) is 0.429. The number of ketones is 1. The Bertz CT molecular complexity index is 1180. The Morgan fingerprint density at radius 1 is 1.18 bits per heavy atom. The SMILES string of the molecule is CC=Nc1cc(C#CC2CC2)sc1C(=O)/C=C/c1ccc(N2CC[C@@H](N3CCCC3)C2)c(F)c1. The van der Waals surface area contributed by atoms with Crippen molar-refractivity contribution in [1.29, 1.82) is 0 Å². The first-order valence-corrected chi connectivity index (χ1v) is 13.1. The third kappa shape index (κ3) is 5.32. The van der Waals surface area contributed by atoms with E-state index in [0.717, 1.165) is 24.4 Å². The Balaban J connectivity index is 1.27. The van der Waals surface area contributed by atoms with E-state index in [2.05, 4.69) is 26.6 Å². The van der Waals surface area contributed by atoms with E-state index in [1.54, 1.807) is 12.3 Å². The van der Waals surface area contributed by atoms with E-state index in [-0.39, 0.29) is 11.6 Å². The number of carbonyl (C=O) groups is 1. The van der Waals surface area contributed by atoms with Crippen LogP contribution in [0.1, 0.15) is 59.1 Å². The van der Waals surface area contributed by atoms with Gasteiger partial charge in [-0.1, -0.05) is 24.0 Å². The van der Waals surface area contributed by atoms with Crippen LogP contribution in [0.5, 0.6) is 0 Å². The molecule has 2 aromatic rings. The van der Waals surface area contributed by atoms with Crippen molar-refractivity contribution in [2.75, 3.05) is 31.1 Å². The molecule has 0 bridgehead atoms. The monoisotopic (exact) mass is 475 g/mol. The third-order valence-electron chi connectivity index (χ3n) is 6.74. The number of anilines is 1. The molecule has 5 rings (SSSR count). The lowest BCUT2D eigenvalue weighted by Gasteiger charge is -2.24. The Morgan fingerprint density at radius 3 is 2.74 bits per heavy atom. The van der Waals surface area contributed by atoms with Gasteiger partial charge in [-0.15, -0.1) is 11.3 Å². The van der Waals surface area contributed by atoms with Crippen molar-refractivity contribution in [1.82, 2.24) is 4.90 Å². The highest BCUT2D eigenvalue weighted by atomic mass is 32.1. The quantitative estimate of drug-likeness (QED) is 0.224. The topological polar surface area (TPSA) is 35.9 Å². The van der Waals surface area contributed by atoms with Gasteiger partial charge < -0.3 is 4.90 Å². The Kier molecular flexibility index (Phi) is 6.94. The normalized spacial score (nSPS) is 21.0. The number of rotatable bonds is 6. The van der Waals surface area contributed by atoms with E-state index in [1.807, 2.05) is 25.1 Å². The van der Waals surface area contributed by atoms with Gasteiger partial charge in [0.2, 0.25) is 0 Å². The molecule has 1 aromatic carbocycles. The molecule has 1 aliphatic carbocycles. The number of hydrogen-bond donors (Lipinski definition) is 0. The Hall–Kier alpha value is -2.75. The summed E-state index contributed by atoms with van der Waals surface area (Å²) in [5.74, 6) is 6.55. The zero-order valence-electron chi connectivity index (χ0n) is 19.6. The molecular formula is C28H30FN3OS. The minimum absolute atomic E-state index is 0.137. The molecule has 0 unspecified atom stereocenters. The lowest BCUT2D eigenvalue weighted by molar-refractivity contribution is 0.105. The van der Waals surface area contributed by atoms with Crippen molar-refractivity contribution in [3.63, 3.8) is 0 Å². The lowest BCUT2D eigenvalue weighted by Crippen LogP contribution is -2.35. The molecule has 0 N–H and O–H groups in total. The van der Waals surface area contributed by atoms with Gasteiger partial charge >= 0.3 is 0 Å². The number of benzene rings is 1. The Morgan fingerprint density at radius 2 is 2.00 bits per heavy atom. The van der Waals surface area contributed by atoms with Crippen molar-refractivity contribution in [3.05, 3.63) is 51.5 Å². The van der Waals surface area contributed by atoms with Crippen molar-refractivity contribution < 1.29 is 9.18 Å². The molecular weight excluding hydrogens is 445 g/mol. The standard InChI is InChI=1S/C28H30FN3OS/c1-2-30-25-18-23(10-7-20-5-6-20)34-28(25)27(33)12-9-21-8-11-26(24(29)17-21)32-16-13-22(19-32)31-14-3-4-15-31/h2,8-9,11-12,17-18,20,22H,3-6,13-16,19H2,1H3/b12-9+,30-2?/t22-/m1/s1. The number of hydrogen-bond acceptors (Lipinski definition) is 5. The van der Waals surface area contributed by atoms with Crippen molar-refractivity contribution in [2.24, 2.45) is 10.9 Å². The molecule has 34 heavy (non-hydrogen) atoms. The molecule has 1 aromatic heterocycles. The minimum Gasteiger partial charge on any atom is -0.368 e. The summed E-state index contributed by atoms with van der Waals surface area (Å²) in [6, 6.07) is 7.66. The minimum atomic E-state index is -0.235. The predicted octanol–water partition coefficient (Wildman–Crippen LogP) is 5.94. The molecule has 6 heteroatoms. The number of likely N-dealkylation sites (tertiary alicyclic amines) is 1. The molecule has 1 atom stereocenters. The molecule has 4 nitrogen and oxygen atoms in total. The van der Waals surface area contributed by atoms with Crippen LogP contribution in [-0.4, -0.2) is 49.1 Å². The first-order chi connectivity index (χ1) is 16.6. The first-order valence-electron chi connectivity index (χ1n) is 12.3. The summed E-state index contributed by atoms with van der Waals surface area (Å²) >= 11 is 1.37. The fourth-order valence-electron chi connectivity index (χ4n) is 4.75. The van der Waals surface area contributed by atoms with Gasteiger partial charge in [0.25, 0.3) is 0 Å². The predicted molar refractivity (Wildman–Crippen MR) is 139 cm³/mol. The Labute approximate surface area is 205 Å². The third-order valence-corrected chi connectivity index (χ3v) is 7.80. The summed E-state index contributed by atoms with van der Waals surface area (Å²) in [5.41, 5.74) is 1.97. The molecule has 3 aliphatic rings. The number of nitrogens with zero attached hydrogens (tertiary/aromatic N) is 3. The maximum absolute atomic E-state index is 15.0. The van der Waals surface area contributed by atoms with Gasteiger partial charge in [0.15, 0.2) is 5.78 Å². The van der Waals surface area contributed by atoms with Crippen LogP contribution < -0.4 is 4.90 Å². The van der Waals surface area contributed by atoms with E-state index < -0.39 is 0 Å². The van der Waals surface area contributed by atoms with Crippen LogP contribution in [0.2, 0.25) is 0 Å². The number of halogens is 1. The van der Waals surface area contributed by atoms with E-state index >= 15 is 0 Å². The van der Waals surface area contributed by atoms with Crippen LogP contribution in [0.15, 0.2) is 35.3 Å². The molecule has 0 radical (unpaired) electrons. The summed E-state index contributed by atoms with van der Waals surface area (Å²) in [7, 11) is 0. The molecule has 1 saturated carbocycles. The number of thiophene rings is 1. The van der Waals surface area contributed by atoms with Gasteiger partial charge in [0.05, 0.1) is 16.3 Å². The van der Waals surface area contributed by atoms with Gasteiger partial charge in [-0.25, -0.2) is 4.39 Å². The van der Waals surface area contributed by atoms with Crippen molar-refractivity contribution in [2.45, 2.75) is 45.1 Å². The smallest absolute Gasteiger partial charge is 0.198 e. The number of carbonyl (C=O) groups excluding carboxylic acids is 1. The van der Waals surface area contributed by atoms with Gasteiger partial charge in [0, 0.05) is 31.3 Å². The largest absolute Gasteiger partial charge is 0.368 e.